The van der Waals surface area contributed by atoms with Gasteiger partial charge in [0, 0.05) is 18.9 Å². The molecule has 0 spiro atoms. The SMILES string of the molecule is CC(C)Cc1cnc(CO)n1C. The van der Waals surface area contributed by atoms with Crippen molar-refractivity contribution >= 4 is 0 Å². The number of hydrogen-bond acceptors (Lipinski definition) is 2. The van der Waals surface area contributed by atoms with Crippen LogP contribution in [0.4, 0.5) is 0 Å². The van der Waals surface area contributed by atoms with Crippen LogP contribution < -0.4 is 0 Å². The molecule has 0 bridgehead atoms. The van der Waals surface area contributed by atoms with Crippen molar-refractivity contribution in [2.45, 2.75) is 26.9 Å². The molecule has 0 saturated heterocycles. The number of hydrogen-bond donors (Lipinski definition) is 1. The fourth-order valence-corrected chi connectivity index (χ4v) is 1.24. The van der Waals surface area contributed by atoms with Gasteiger partial charge in [-0.1, -0.05) is 13.8 Å². The molecule has 1 aromatic rings. The molecular formula is C9H16N2O. The molecule has 1 rings (SSSR count). The second-order valence-corrected chi connectivity index (χ2v) is 3.48. The molecule has 0 saturated carbocycles. The zero-order valence-electron chi connectivity index (χ0n) is 7.91. The van der Waals surface area contributed by atoms with Gasteiger partial charge in [0.1, 0.15) is 12.4 Å². The van der Waals surface area contributed by atoms with Crippen LogP contribution in [0.3, 0.4) is 0 Å². The Morgan fingerprint density at radius 2 is 2.25 bits per heavy atom. The highest BCUT2D eigenvalue weighted by atomic mass is 16.3. The molecule has 68 valence electrons. The standard InChI is InChI=1S/C9H16N2O/c1-7(2)4-8-5-10-9(6-12)11(8)3/h5,7,12H,4,6H2,1-3H3. The van der Waals surface area contributed by atoms with E-state index in [2.05, 4.69) is 18.8 Å². The van der Waals surface area contributed by atoms with E-state index in [9.17, 15) is 0 Å². The van der Waals surface area contributed by atoms with E-state index in [0.29, 0.717) is 5.92 Å². The van der Waals surface area contributed by atoms with Gasteiger partial charge in [0.25, 0.3) is 0 Å². The van der Waals surface area contributed by atoms with E-state index in [1.54, 1.807) is 0 Å². The number of aliphatic hydroxyl groups is 1. The maximum atomic E-state index is 8.88. The number of rotatable bonds is 3. The second-order valence-electron chi connectivity index (χ2n) is 3.48. The molecule has 3 nitrogen and oxygen atoms in total. The van der Waals surface area contributed by atoms with Gasteiger partial charge in [-0.15, -0.1) is 0 Å². The molecule has 1 heterocycles. The van der Waals surface area contributed by atoms with Gasteiger partial charge in [-0.2, -0.15) is 0 Å². The molecule has 3 heteroatoms. The molecule has 0 amide bonds. The van der Waals surface area contributed by atoms with E-state index < -0.39 is 0 Å². The largest absolute Gasteiger partial charge is 0.388 e. The molecule has 1 aromatic heterocycles. The van der Waals surface area contributed by atoms with Gasteiger partial charge in [0.15, 0.2) is 0 Å². The maximum absolute atomic E-state index is 8.88. The summed E-state index contributed by atoms with van der Waals surface area (Å²) in [6.07, 6.45) is 2.86. The first kappa shape index (κ1) is 9.26. The Hall–Kier alpha value is -0.830. The van der Waals surface area contributed by atoms with E-state index in [1.165, 1.54) is 5.69 Å². The molecule has 0 radical (unpaired) electrons. The number of imidazole rings is 1. The highest BCUT2D eigenvalue weighted by Gasteiger charge is 2.06. The Balaban J connectivity index is 2.80. The fraction of sp³-hybridized carbons (Fsp3) is 0.667. The van der Waals surface area contributed by atoms with Crippen LogP contribution in [-0.2, 0) is 20.1 Å². The normalized spacial score (nSPS) is 11.1. The summed E-state index contributed by atoms with van der Waals surface area (Å²) >= 11 is 0. The average Bonchev–Trinajstić information content (AvgIpc) is 2.32. The van der Waals surface area contributed by atoms with E-state index in [1.807, 2.05) is 17.8 Å². The highest BCUT2D eigenvalue weighted by Crippen LogP contribution is 2.08. The van der Waals surface area contributed by atoms with Crippen molar-refractivity contribution < 1.29 is 5.11 Å². The number of aliphatic hydroxyl groups excluding tert-OH is 1. The Morgan fingerprint density at radius 1 is 1.58 bits per heavy atom. The molecule has 0 aliphatic carbocycles. The first-order chi connectivity index (χ1) is 5.65. The lowest BCUT2D eigenvalue weighted by molar-refractivity contribution is 0.267. The Morgan fingerprint density at radius 3 is 2.67 bits per heavy atom. The van der Waals surface area contributed by atoms with Crippen LogP contribution in [0.15, 0.2) is 6.20 Å². The van der Waals surface area contributed by atoms with Gasteiger partial charge >= 0.3 is 0 Å². The van der Waals surface area contributed by atoms with Crippen molar-refractivity contribution in [3.63, 3.8) is 0 Å². The van der Waals surface area contributed by atoms with Crippen LogP contribution in [0.5, 0.6) is 0 Å². The van der Waals surface area contributed by atoms with Crippen molar-refractivity contribution in [1.29, 1.82) is 0 Å². The Labute approximate surface area is 73.1 Å². The lowest BCUT2D eigenvalue weighted by atomic mass is 10.1. The van der Waals surface area contributed by atoms with E-state index in [-0.39, 0.29) is 6.61 Å². The third-order valence-corrected chi connectivity index (χ3v) is 1.94. The summed E-state index contributed by atoms with van der Waals surface area (Å²) in [5, 5.41) is 8.88. The summed E-state index contributed by atoms with van der Waals surface area (Å²) in [7, 11) is 1.94. The molecule has 0 atom stereocenters. The van der Waals surface area contributed by atoms with Crippen LogP contribution in [0.1, 0.15) is 25.4 Å². The summed E-state index contributed by atoms with van der Waals surface area (Å²) in [6, 6.07) is 0. The first-order valence-corrected chi connectivity index (χ1v) is 4.25. The zero-order valence-corrected chi connectivity index (χ0v) is 7.91. The molecule has 0 unspecified atom stereocenters. The monoisotopic (exact) mass is 168 g/mol. The van der Waals surface area contributed by atoms with Gasteiger partial charge in [-0.25, -0.2) is 4.98 Å². The quantitative estimate of drug-likeness (QED) is 0.734. The van der Waals surface area contributed by atoms with Crippen LogP contribution in [-0.4, -0.2) is 14.7 Å². The van der Waals surface area contributed by atoms with E-state index in [4.69, 9.17) is 5.11 Å². The summed E-state index contributed by atoms with van der Waals surface area (Å²) in [4.78, 5) is 4.10. The van der Waals surface area contributed by atoms with Gasteiger partial charge in [0.05, 0.1) is 0 Å². The number of nitrogens with zero attached hydrogens (tertiary/aromatic N) is 2. The first-order valence-electron chi connectivity index (χ1n) is 4.25. The molecule has 0 aliphatic rings. The maximum Gasteiger partial charge on any atom is 0.134 e. The molecule has 0 aliphatic heterocycles. The summed E-state index contributed by atoms with van der Waals surface area (Å²) in [6.45, 7) is 4.37. The van der Waals surface area contributed by atoms with Crippen LogP contribution >= 0.6 is 0 Å². The Bertz CT molecular complexity index is 253. The molecule has 12 heavy (non-hydrogen) atoms. The third-order valence-electron chi connectivity index (χ3n) is 1.94. The minimum absolute atomic E-state index is 0.0224. The Kier molecular flexibility index (Phi) is 2.87. The third kappa shape index (κ3) is 1.85. The van der Waals surface area contributed by atoms with Crippen LogP contribution in [0, 0.1) is 5.92 Å². The lowest BCUT2D eigenvalue weighted by Crippen LogP contribution is -2.04. The summed E-state index contributed by atoms with van der Waals surface area (Å²) in [5.41, 5.74) is 1.19. The predicted molar refractivity (Wildman–Crippen MR) is 47.7 cm³/mol. The van der Waals surface area contributed by atoms with Gasteiger partial charge in [-0.05, 0) is 12.3 Å². The zero-order chi connectivity index (χ0) is 9.14. The fourth-order valence-electron chi connectivity index (χ4n) is 1.24. The summed E-state index contributed by atoms with van der Waals surface area (Å²) in [5.74, 6) is 1.37. The summed E-state index contributed by atoms with van der Waals surface area (Å²) < 4.78 is 1.96. The lowest BCUT2D eigenvalue weighted by Gasteiger charge is -2.06. The van der Waals surface area contributed by atoms with Gasteiger partial charge in [0.2, 0.25) is 0 Å². The van der Waals surface area contributed by atoms with Gasteiger partial charge < -0.3 is 9.67 Å². The van der Waals surface area contributed by atoms with Crippen molar-refractivity contribution in [1.82, 2.24) is 9.55 Å². The molecule has 0 fully saturated rings. The molecular weight excluding hydrogens is 152 g/mol. The topological polar surface area (TPSA) is 38.1 Å². The smallest absolute Gasteiger partial charge is 0.134 e. The number of aromatic nitrogens is 2. The minimum Gasteiger partial charge on any atom is -0.388 e. The van der Waals surface area contributed by atoms with Crippen LogP contribution in [0.25, 0.3) is 0 Å². The van der Waals surface area contributed by atoms with E-state index >= 15 is 0 Å². The highest BCUT2D eigenvalue weighted by molar-refractivity contribution is 5.04. The minimum atomic E-state index is 0.0224. The van der Waals surface area contributed by atoms with Crippen molar-refractivity contribution in [2.24, 2.45) is 13.0 Å². The van der Waals surface area contributed by atoms with E-state index in [0.717, 1.165) is 12.2 Å². The van der Waals surface area contributed by atoms with Crippen molar-refractivity contribution in [3.8, 4) is 0 Å². The second kappa shape index (κ2) is 3.72. The average molecular weight is 168 g/mol. The molecule has 0 aromatic carbocycles. The van der Waals surface area contributed by atoms with Crippen molar-refractivity contribution in [2.75, 3.05) is 0 Å². The van der Waals surface area contributed by atoms with Crippen LogP contribution in [0.2, 0.25) is 0 Å². The molecule has 1 N–H and O–H groups in total. The van der Waals surface area contributed by atoms with Gasteiger partial charge in [-0.3, -0.25) is 0 Å². The van der Waals surface area contributed by atoms with Crippen molar-refractivity contribution in [3.05, 3.63) is 17.7 Å². The predicted octanol–water partition coefficient (Wildman–Crippen LogP) is 1.11.